The SMILES string of the molecule is CNC(=O)C(C)N(Cc1ccc(Cl)cc1)C(=O)CN(c1ccc(F)cc1)S(=O)(=O)c1ccc2c(c1)OCCO2. The van der Waals surface area contributed by atoms with Gasteiger partial charge >= 0.3 is 0 Å². The molecular weight excluding hydrogens is 549 g/mol. The Balaban J connectivity index is 1.72. The summed E-state index contributed by atoms with van der Waals surface area (Å²) in [7, 11) is -2.90. The Kier molecular flexibility index (Phi) is 8.61. The van der Waals surface area contributed by atoms with E-state index in [0.717, 1.165) is 16.4 Å². The second kappa shape index (κ2) is 11.9. The number of sulfonamides is 1. The van der Waals surface area contributed by atoms with Crippen molar-refractivity contribution in [3.8, 4) is 11.5 Å². The fraction of sp³-hybridized carbons (Fsp3) is 0.259. The fourth-order valence-corrected chi connectivity index (χ4v) is 5.58. The number of anilines is 1. The Morgan fingerprint density at radius 3 is 2.28 bits per heavy atom. The zero-order chi connectivity index (χ0) is 28.2. The van der Waals surface area contributed by atoms with Gasteiger partial charge in [-0.15, -0.1) is 0 Å². The van der Waals surface area contributed by atoms with Crippen LogP contribution in [-0.4, -0.2) is 58.0 Å². The van der Waals surface area contributed by atoms with Crippen LogP contribution >= 0.6 is 11.6 Å². The first-order valence-electron chi connectivity index (χ1n) is 12.0. The van der Waals surface area contributed by atoms with E-state index in [1.54, 1.807) is 31.2 Å². The molecule has 1 aliphatic heterocycles. The lowest BCUT2D eigenvalue weighted by molar-refractivity contribution is -0.139. The van der Waals surface area contributed by atoms with Crippen LogP contribution in [-0.2, 0) is 26.2 Å². The number of fused-ring (bicyclic) bond motifs is 1. The molecule has 39 heavy (non-hydrogen) atoms. The first-order chi connectivity index (χ1) is 18.6. The minimum Gasteiger partial charge on any atom is -0.486 e. The minimum atomic E-state index is -4.35. The van der Waals surface area contributed by atoms with E-state index in [1.807, 2.05) is 0 Å². The van der Waals surface area contributed by atoms with Crippen molar-refractivity contribution in [1.82, 2.24) is 10.2 Å². The first kappa shape index (κ1) is 28.2. The Hall–Kier alpha value is -3.83. The number of rotatable bonds is 9. The molecular formula is C27H27ClFN3O6S. The molecule has 1 aliphatic rings. The molecule has 0 aliphatic carbocycles. The van der Waals surface area contributed by atoms with Crippen LogP contribution in [0.5, 0.6) is 11.5 Å². The normalized spacial score (nSPS) is 13.3. The number of hydrogen-bond donors (Lipinski definition) is 1. The molecule has 0 saturated heterocycles. The molecule has 0 fully saturated rings. The standard InChI is InChI=1S/C27H27ClFN3O6S/c1-18(27(34)30-2)31(16-19-3-5-20(28)6-4-19)26(33)17-32(22-9-7-21(29)8-10-22)39(35,36)23-11-12-24-25(15-23)38-14-13-37-24/h3-12,15,18H,13-14,16-17H2,1-2H3,(H,30,34). The minimum absolute atomic E-state index is 0.0198. The zero-order valence-corrected chi connectivity index (χ0v) is 22.8. The molecule has 3 aromatic carbocycles. The number of benzene rings is 3. The van der Waals surface area contributed by atoms with Gasteiger partial charge in [-0.25, -0.2) is 12.8 Å². The first-order valence-corrected chi connectivity index (χ1v) is 13.9. The smallest absolute Gasteiger partial charge is 0.264 e. The molecule has 12 heteroatoms. The van der Waals surface area contributed by atoms with E-state index in [-0.39, 0.29) is 29.5 Å². The second-order valence-corrected chi connectivity index (χ2v) is 11.0. The topological polar surface area (TPSA) is 105 Å². The maximum atomic E-state index is 13.9. The van der Waals surface area contributed by atoms with Crippen molar-refractivity contribution in [2.45, 2.75) is 24.4 Å². The molecule has 2 amide bonds. The van der Waals surface area contributed by atoms with Crippen molar-refractivity contribution in [3.63, 3.8) is 0 Å². The average Bonchev–Trinajstić information content (AvgIpc) is 2.94. The highest BCUT2D eigenvalue weighted by Gasteiger charge is 2.33. The van der Waals surface area contributed by atoms with Crippen molar-refractivity contribution in [1.29, 1.82) is 0 Å². The van der Waals surface area contributed by atoms with E-state index in [1.165, 1.54) is 42.3 Å². The fourth-order valence-electron chi connectivity index (χ4n) is 4.03. The summed E-state index contributed by atoms with van der Waals surface area (Å²) >= 11 is 5.99. The molecule has 0 aromatic heterocycles. The van der Waals surface area contributed by atoms with Crippen LogP contribution < -0.4 is 19.1 Å². The summed E-state index contributed by atoms with van der Waals surface area (Å²) in [6.07, 6.45) is 0. The van der Waals surface area contributed by atoms with Crippen LogP contribution in [0.15, 0.2) is 71.6 Å². The van der Waals surface area contributed by atoms with Crippen molar-refractivity contribution < 1.29 is 31.9 Å². The summed E-state index contributed by atoms with van der Waals surface area (Å²) in [6, 6.07) is 14.7. The van der Waals surface area contributed by atoms with Crippen LogP contribution in [0, 0.1) is 5.82 Å². The van der Waals surface area contributed by atoms with Crippen LogP contribution in [0.4, 0.5) is 10.1 Å². The Bertz CT molecular complexity index is 1450. The third-order valence-corrected chi connectivity index (χ3v) is 8.20. The van der Waals surface area contributed by atoms with Crippen molar-refractivity contribution >= 4 is 39.1 Å². The van der Waals surface area contributed by atoms with Gasteiger partial charge in [-0.2, -0.15) is 0 Å². The lowest BCUT2D eigenvalue weighted by Gasteiger charge is -2.32. The summed E-state index contributed by atoms with van der Waals surface area (Å²) in [4.78, 5) is 27.4. The molecule has 0 radical (unpaired) electrons. The van der Waals surface area contributed by atoms with Crippen LogP contribution in [0.1, 0.15) is 12.5 Å². The summed E-state index contributed by atoms with van der Waals surface area (Å²) in [6.45, 7) is 1.50. The van der Waals surface area contributed by atoms with Crippen LogP contribution in [0.2, 0.25) is 5.02 Å². The molecule has 1 heterocycles. The van der Waals surface area contributed by atoms with Crippen LogP contribution in [0.3, 0.4) is 0 Å². The number of nitrogens with zero attached hydrogens (tertiary/aromatic N) is 2. The van der Waals surface area contributed by atoms with Gasteiger partial charge in [0.25, 0.3) is 10.0 Å². The Morgan fingerprint density at radius 1 is 1.00 bits per heavy atom. The predicted molar refractivity (Wildman–Crippen MR) is 144 cm³/mol. The van der Waals surface area contributed by atoms with Crippen LogP contribution in [0.25, 0.3) is 0 Å². The molecule has 0 spiro atoms. The molecule has 1 unspecified atom stereocenters. The number of likely N-dealkylation sites (N-methyl/N-ethyl adjacent to an activating group) is 1. The van der Waals surface area contributed by atoms with E-state index < -0.39 is 40.2 Å². The molecule has 206 valence electrons. The largest absolute Gasteiger partial charge is 0.486 e. The van der Waals surface area contributed by atoms with Crippen molar-refractivity contribution in [2.75, 3.05) is 31.1 Å². The van der Waals surface area contributed by atoms with Gasteiger partial charge in [-0.1, -0.05) is 23.7 Å². The number of carbonyl (C=O) groups is 2. The summed E-state index contributed by atoms with van der Waals surface area (Å²) in [5.74, 6) is -0.991. The molecule has 1 N–H and O–H groups in total. The maximum absolute atomic E-state index is 13.9. The van der Waals surface area contributed by atoms with E-state index >= 15 is 0 Å². The summed E-state index contributed by atoms with van der Waals surface area (Å²) in [5.41, 5.74) is 0.755. The highest BCUT2D eigenvalue weighted by Crippen LogP contribution is 2.34. The third-order valence-electron chi connectivity index (χ3n) is 6.17. The zero-order valence-electron chi connectivity index (χ0n) is 21.3. The third kappa shape index (κ3) is 6.43. The van der Waals surface area contributed by atoms with Gasteiger partial charge in [0, 0.05) is 24.7 Å². The quantitative estimate of drug-likeness (QED) is 0.418. The van der Waals surface area contributed by atoms with Gasteiger partial charge in [0.1, 0.15) is 31.6 Å². The monoisotopic (exact) mass is 575 g/mol. The lowest BCUT2D eigenvalue weighted by Crippen LogP contribution is -2.50. The lowest BCUT2D eigenvalue weighted by atomic mass is 10.1. The van der Waals surface area contributed by atoms with Crippen molar-refractivity contribution in [2.24, 2.45) is 0 Å². The molecule has 0 saturated carbocycles. The number of hydrogen-bond acceptors (Lipinski definition) is 6. The van der Waals surface area contributed by atoms with E-state index in [4.69, 9.17) is 21.1 Å². The number of halogens is 2. The summed E-state index contributed by atoms with van der Waals surface area (Å²) < 4.78 is 53.4. The van der Waals surface area contributed by atoms with Crippen molar-refractivity contribution in [3.05, 3.63) is 83.1 Å². The molecule has 9 nitrogen and oxygen atoms in total. The highest BCUT2D eigenvalue weighted by molar-refractivity contribution is 7.92. The predicted octanol–water partition coefficient (Wildman–Crippen LogP) is 3.61. The average molecular weight is 576 g/mol. The number of nitrogens with one attached hydrogen (secondary N) is 1. The molecule has 0 bridgehead atoms. The van der Waals surface area contributed by atoms with E-state index in [9.17, 15) is 22.4 Å². The van der Waals surface area contributed by atoms with Gasteiger partial charge in [0.15, 0.2) is 11.5 Å². The molecule has 1 atom stereocenters. The highest BCUT2D eigenvalue weighted by atomic mass is 35.5. The number of carbonyl (C=O) groups excluding carboxylic acids is 2. The van der Waals surface area contributed by atoms with E-state index in [0.29, 0.717) is 22.9 Å². The Labute approximate surface area is 231 Å². The van der Waals surface area contributed by atoms with Gasteiger partial charge in [0.05, 0.1) is 10.6 Å². The molecule has 3 aromatic rings. The van der Waals surface area contributed by atoms with Gasteiger partial charge < -0.3 is 19.7 Å². The van der Waals surface area contributed by atoms with E-state index in [2.05, 4.69) is 5.32 Å². The Morgan fingerprint density at radius 2 is 1.64 bits per heavy atom. The van der Waals surface area contributed by atoms with Gasteiger partial charge in [-0.3, -0.25) is 13.9 Å². The van der Waals surface area contributed by atoms with Gasteiger partial charge in [-0.05, 0) is 61.0 Å². The molecule has 4 rings (SSSR count). The second-order valence-electron chi connectivity index (χ2n) is 8.73. The maximum Gasteiger partial charge on any atom is 0.264 e. The van der Waals surface area contributed by atoms with Gasteiger partial charge in [0.2, 0.25) is 11.8 Å². The number of ether oxygens (including phenoxy) is 2. The summed E-state index contributed by atoms with van der Waals surface area (Å²) in [5, 5.41) is 3.02. The number of amides is 2.